The molecule has 0 saturated heterocycles. The second-order valence-electron chi connectivity index (χ2n) is 12.4. The maximum atomic E-state index is 2.60. The van der Waals surface area contributed by atoms with Gasteiger partial charge in [0, 0.05) is 31.2 Å². The summed E-state index contributed by atoms with van der Waals surface area (Å²) in [6.07, 6.45) is 8.05. The molecule has 1 aliphatic carbocycles. The zero-order chi connectivity index (χ0) is 30.0. The predicted molar refractivity (Wildman–Crippen MR) is 197 cm³/mol. The lowest BCUT2D eigenvalue weighted by molar-refractivity contribution is 0.573. The zero-order valence-corrected chi connectivity index (χ0v) is 25.9. The van der Waals surface area contributed by atoms with Crippen LogP contribution >= 0.6 is 11.3 Å². The second-order valence-corrected chi connectivity index (χ2v) is 13.4. The third-order valence-electron chi connectivity index (χ3n) is 9.58. The van der Waals surface area contributed by atoms with Crippen LogP contribution in [0.3, 0.4) is 0 Å². The number of rotatable bonds is 4. The molecule has 1 atom stereocenters. The molecule has 1 nitrogen and oxygen atoms in total. The molecule has 0 fully saturated rings. The van der Waals surface area contributed by atoms with E-state index < -0.39 is 0 Å². The third-order valence-corrected chi connectivity index (χ3v) is 10.7. The molecule has 1 aliphatic rings. The van der Waals surface area contributed by atoms with E-state index in [-0.39, 0.29) is 5.54 Å². The summed E-state index contributed by atoms with van der Waals surface area (Å²) in [4.78, 5) is 2.60. The number of anilines is 2. The van der Waals surface area contributed by atoms with Gasteiger partial charge in [-0.15, -0.1) is 11.3 Å². The number of hydrogen-bond donors (Lipinski definition) is 0. The first-order chi connectivity index (χ1) is 22.2. The molecule has 214 valence electrons. The largest absolute Gasteiger partial charge is 0.331 e. The van der Waals surface area contributed by atoms with Crippen LogP contribution in [0.5, 0.6) is 0 Å². The second kappa shape index (κ2) is 10.2. The van der Waals surface area contributed by atoms with Crippen LogP contribution in [0.15, 0.2) is 158 Å². The van der Waals surface area contributed by atoms with E-state index in [2.05, 4.69) is 170 Å². The van der Waals surface area contributed by atoms with E-state index in [1.165, 1.54) is 75.0 Å². The number of allylic oxidation sites excluding steroid dienone is 2. The van der Waals surface area contributed by atoms with Gasteiger partial charge in [0.1, 0.15) is 0 Å². The third kappa shape index (κ3) is 4.21. The Labute approximate surface area is 267 Å². The van der Waals surface area contributed by atoms with Crippen molar-refractivity contribution in [1.29, 1.82) is 0 Å². The fraction of sp³-hybridized carbons (Fsp3) is 0.0698. The van der Waals surface area contributed by atoms with Crippen molar-refractivity contribution in [2.24, 2.45) is 0 Å². The molecule has 45 heavy (non-hydrogen) atoms. The van der Waals surface area contributed by atoms with E-state index in [0.29, 0.717) is 0 Å². The Morgan fingerprint density at radius 1 is 0.578 bits per heavy atom. The van der Waals surface area contributed by atoms with Crippen molar-refractivity contribution in [3.05, 3.63) is 163 Å². The van der Waals surface area contributed by atoms with Gasteiger partial charge in [0.15, 0.2) is 0 Å². The van der Waals surface area contributed by atoms with Gasteiger partial charge >= 0.3 is 0 Å². The minimum Gasteiger partial charge on any atom is -0.331 e. The van der Waals surface area contributed by atoms with Crippen molar-refractivity contribution in [2.45, 2.75) is 18.9 Å². The molecule has 2 heteroatoms. The highest BCUT2D eigenvalue weighted by Crippen LogP contribution is 2.46. The highest BCUT2D eigenvalue weighted by atomic mass is 32.1. The van der Waals surface area contributed by atoms with E-state index in [1.807, 2.05) is 11.3 Å². The van der Waals surface area contributed by atoms with Crippen molar-refractivity contribution in [3.63, 3.8) is 0 Å². The molecule has 0 spiro atoms. The molecule has 1 aromatic heterocycles. The van der Waals surface area contributed by atoms with E-state index in [9.17, 15) is 0 Å². The van der Waals surface area contributed by atoms with Gasteiger partial charge in [-0.25, -0.2) is 0 Å². The van der Waals surface area contributed by atoms with Crippen molar-refractivity contribution in [2.75, 3.05) is 4.90 Å². The van der Waals surface area contributed by atoms with E-state index in [4.69, 9.17) is 0 Å². The predicted octanol–water partition coefficient (Wildman–Crippen LogP) is 12.5. The lowest BCUT2D eigenvalue weighted by Gasteiger charge is -2.43. The molecule has 7 aromatic carbocycles. The molecule has 1 heterocycles. The topological polar surface area (TPSA) is 3.24 Å². The lowest BCUT2D eigenvalue weighted by atomic mass is 9.85. The van der Waals surface area contributed by atoms with Crippen LogP contribution in [-0.2, 0) is 0 Å². The minimum atomic E-state index is -0.282. The van der Waals surface area contributed by atoms with Crippen LogP contribution in [0.4, 0.5) is 11.4 Å². The van der Waals surface area contributed by atoms with Gasteiger partial charge in [-0.05, 0) is 75.7 Å². The van der Waals surface area contributed by atoms with E-state index >= 15 is 0 Å². The fourth-order valence-corrected chi connectivity index (χ4v) is 8.48. The molecular formula is C43H31NS. The van der Waals surface area contributed by atoms with E-state index in [1.54, 1.807) is 0 Å². The number of thiophene rings is 1. The minimum absolute atomic E-state index is 0.282. The monoisotopic (exact) mass is 593 g/mol. The Morgan fingerprint density at radius 2 is 1.29 bits per heavy atom. The Morgan fingerprint density at radius 3 is 2.16 bits per heavy atom. The first-order valence-electron chi connectivity index (χ1n) is 15.7. The SMILES string of the molecule is CC1(N(c2ccc3c(c2)sc2ccccc23)c2cccc3ccc4c5ccccc5ccc4c23)C=CC(c2ccccc2)=CC1. The Kier molecular flexibility index (Phi) is 5.94. The first-order valence-corrected chi connectivity index (χ1v) is 16.5. The molecular weight excluding hydrogens is 563 g/mol. The van der Waals surface area contributed by atoms with Gasteiger partial charge in [-0.3, -0.25) is 0 Å². The number of hydrogen-bond acceptors (Lipinski definition) is 2. The Balaban J connectivity index is 1.30. The molecule has 0 saturated carbocycles. The zero-order valence-electron chi connectivity index (χ0n) is 25.1. The van der Waals surface area contributed by atoms with Crippen LogP contribution < -0.4 is 4.90 Å². The van der Waals surface area contributed by atoms with Crippen LogP contribution in [0, 0.1) is 0 Å². The van der Waals surface area contributed by atoms with Crippen LogP contribution in [-0.4, -0.2) is 5.54 Å². The Hall–Kier alpha value is -5.18. The smallest absolute Gasteiger partial charge is 0.0643 e. The van der Waals surface area contributed by atoms with Crippen LogP contribution in [0.2, 0.25) is 0 Å². The van der Waals surface area contributed by atoms with Gasteiger partial charge in [0.05, 0.1) is 11.2 Å². The van der Waals surface area contributed by atoms with Gasteiger partial charge < -0.3 is 4.90 Å². The molecule has 0 N–H and O–H groups in total. The number of nitrogens with zero attached hydrogens (tertiary/aromatic N) is 1. The van der Waals surface area contributed by atoms with Gasteiger partial charge in [-0.2, -0.15) is 0 Å². The molecule has 8 aromatic rings. The molecule has 1 unspecified atom stereocenters. The van der Waals surface area contributed by atoms with Gasteiger partial charge in [-0.1, -0.05) is 133 Å². The average molecular weight is 594 g/mol. The molecule has 9 rings (SSSR count). The summed E-state index contributed by atoms with van der Waals surface area (Å²) in [7, 11) is 0. The van der Waals surface area contributed by atoms with Crippen molar-refractivity contribution >= 4 is 80.8 Å². The summed E-state index contributed by atoms with van der Waals surface area (Å²) in [5.41, 5.74) is 4.70. The first kappa shape index (κ1) is 26.2. The maximum Gasteiger partial charge on any atom is 0.0643 e. The van der Waals surface area contributed by atoms with Crippen LogP contribution in [0.1, 0.15) is 18.9 Å². The Bertz CT molecular complexity index is 2480. The summed E-state index contributed by atoms with van der Waals surface area (Å²) < 4.78 is 2.65. The highest BCUT2D eigenvalue weighted by Gasteiger charge is 2.33. The molecule has 0 amide bonds. The average Bonchev–Trinajstić information content (AvgIpc) is 3.47. The molecule has 0 aliphatic heterocycles. The summed E-state index contributed by atoms with van der Waals surface area (Å²) in [6, 6.07) is 51.3. The van der Waals surface area contributed by atoms with Crippen molar-refractivity contribution in [3.8, 4) is 0 Å². The summed E-state index contributed by atoms with van der Waals surface area (Å²) in [6.45, 7) is 2.39. The lowest BCUT2D eigenvalue weighted by Crippen LogP contribution is -2.42. The summed E-state index contributed by atoms with van der Waals surface area (Å²) >= 11 is 1.88. The number of benzene rings is 7. The quantitative estimate of drug-likeness (QED) is 0.184. The van der Waals surface area contributed by atoms with Gasteiger partial charge in [0.2, 0.25) is 0 Å². The number of fused-ring (bicyclic) bond motifs is 8. The molecule has 0 radical (unpaired) electrons. The standard InChI is InChI=1S/C43H31NS/c1-43(26-24-30(25-27-43)29-10-3-2-4-11-29)44(33-20-23-37-36-15-7-8-17-40(36)45-41(37)28-33)39-16-9-13-32-19-21-35-34-14-6-5-12-31(34)18-22-38(35)42(32)39/h2-26,28H,27H2,1H3. The van der Waals surface area contributed by atoms with Crippen molar-refractivity contribution in [1.82, 2.24) is 0 Å². The van der Waals surface area contributed by atoms with Gasteiger partial charge in [0.25, 0.3) is 0 Å². The van der Waals surface area contributed by atoms with Crippen LogP contribution in [0.25, 0.3) is 58.1 Å². The summed E-state index contributed by atoms with van der Waals surface area (Å²) in [5, 5.41) is 10.4. The maximum absolute atomic E-state index is 2.60. The van der Waals surface area contributed by atoms with Crippen molar-refractivity contribution < 1.29 is 0 Å². The summed E-state index contributed by atoms with van der Waals surface area (Å²) in [5.74, 6) is 0. The molecule has 0 bridgehead atoms. The normalized spacial score (nSPS) is 16.6. The fourth-order valence-electron chi connectivity index (χ4n) is 7.34. The van der Waals surface area contributed by atoms with E-state index in [0.717, 1.165) is 6.42 Å². The highest BCUT2D eigenvalue weighted by molar-refractivity contribution is 7.25.